The lowest BCUT2D eigenvalue weighted by Crippen LogP contribution is -2.57. The van der Waals surface area contributed by atoms with Crippen molar-refractivity contribution in [1.82, 2.24) is 0 Å². The van der Waals surface area contributed by atoms with Gasteiger partial charge in [-0.3, -0.25) is 0 Å². The maximum absolute atomic E-state index is 6.98. The maximum Gasteiger partial charge on any atom is 0.251 e. The molecular weight excluding hydrogens is 665 g/mol. The molecule has 2 nitrogen and oxygen atoms in total. The summed E-state index contributed by atoms with van der Waals surface area (Å²) >= 11 is 0. The second kappa shape index (κ2) is 12.8. The number of hydrogen-bond acceptors (Lipinski definition) is 2. The number of nitrogens with zero attached hydrogens (tertiary/aromatic N) is 1. The Morgan fingerprint density at radius 2 is 1.20 bits per heavy atom. The Hall–Kier alpha value is -5.54. The van der Waals surface area contributed by atoms with Gasteiger partial charge in [0, 0.05) is 17.5 Å². The first-order valence-electron chi connectivity index (χ1n) is 20.4. The summed E-state index contributed by atoms with van der Waals surface area (Å²) in [7, 11) is 0. The highest BCUT2D eigenvalue weighted by atomic mass is 16.5. The minimum atomic E-state index is -0.385. The molecule has 2 aliphatic carbocycles. The van der Waals surface area contributed by atoms with Gasteiger partial charge in [-0.15, -0.1) is 0 Å². The summed E-state index contributed by atoms with van der Waals surface area (Å²) < 4.78 is 6.98. The summed E-state index contributed by atoms with van der Waals surface area (Å²) in [6.07, 6.45) is 6.80. The molecule has 0 unspecified atom stereocenters. The Kier molecular flexibility index (Phi) is 7.89. The Balaban J connectivity index is 1.20. The lowest BCUT2D eigenvalue weighted by Gasteiger charge is -2.47. The van der Waals surface area contributed by atoms with E-state index in [0.717, 1.165) is 30.0 Å². The monoisotopic (exact) mass is 713 g/mol. The highest BCUT2D eigenvalue weighted by molar-refractivity contribution is 6.97. The zero-order chi connectivity index (χ0) is 37.6. The van der Waals surface area contributed by atoms with Crippen molar-refractivity contribution >= 4 is 34.5 Å². The van der Waals surface area contributed by atoms with Gasteiger partial charge in [-0.05, 0) is 110 Å². The summed E-state index contributed by atoms with van der Waals surface area (Å²) in [6, 6.07) is 48.1. The highest BCUT2D eigenvalue weighted by Gasteiger charge is 2.52. The Bertz CT molecular complexity index is 2510. The van der Waals surface area contributed by atoms with E-state index in [1.54, 1.807) is 0 Å². The van der Waals surface area contributed by atoms with Crippen LogP contribution in [0.2, 0.25) is 0 Å². The Labute approximate surface area is 327 Å². The van der Waals surface area contributed by atoms with Crippen LogP contribution in [0.1, 0.15) is 106 Å². The molecular formula is C52H48BNO. The van der Waals surface area contributed by atoms with Crippen LogP contribution in [0.25, 0.3) is 11.1 Å². The molecule has 6 aromatic carbocycles. The normalized spacial score (nSPS) is 15.9. The van der Waals surface area contributed by atoms with Gasteiger partial charge in [0.25, 0.3) is 6.71 Å². The molecule has 0 N–H and O–H groups in total. The number of fused-ring (bicyclic) bond motifs is 10. The third-order valence-electron chi connectivity index (χ3n) is 12.8. The van der Waals surface area contributed by atoms with Gasteiger partial charge in [0.1, 0.15) is 11.5 Å². The predicted molar refractivity (Wildman–Crippen MR) is 232 cm³/mol. The number of para-hydroxylation sites is 2. The van der Waals surface area contributed by atoms with E-state index in [-0.39, 0.29) is 12.1 Å². The van der Waals surface area contributed by atoms with E-state index < -0.39 is 0 Å². The number of allylic oxidation sites excluding steroid dienone is 4. The molecule has 0 bridgehead atoms. The lowest BCUT2D eigenvalue weighted by atomic mass is 9.34. The van der Waals surface area contributed by atoms with E-state index in [1.165, 1.54) is 77.9 Å². The van der Waals surface area contributed by atoms with Crippen LogP contribution in [-0.4, -0.2) is 6.71 Å². The number of hydrogen-bond donors (Lipinski definition) is 0. The zero-order valence-corrected chi connectivity index (χ0v) is 32.9. The maximum atomic E-state index is 6.98. The molecule has 270 valence electrons. The smallest absolute Gasteiger partial charge is 0.251 e. The quantitative estimate of drug-likeness (QED) is 0.165. The first-order valence-corrected chi connectivity index (χ1v) is 20.4. The standard InChI is InChI=1S/C52H48BNO/c1-32(2)35-29-39(33(3)4)51(40(30-35)34(5)6)53-45-23-13-16-26-49(45)55-50-31-36(27-28-46(50)53)54-47-24-14-11-21-43(47)52(44-22-12-15-25-48(44)54)41-19-9-7-17-37(41)38-18-8-10-20-42(38)52/h7-14,16-24,26-34H,15,25H2,1-6H3. The molecule has 0 aromatic heterocycles. The molecule has 2 aliphatic heterocycles. The molecule has 3 heteroatoms. The van der Waals surface area contributed by atoms with E-state index >= 15 is 0 Å². The molecule has 0 fully saturated rings. The van der Waals surface area contributed by atoms with Gasteiger partial charge in [-0.1, -0.05) is 162 Å². The molecule has 0 atom stereocenters. The van der Waals surface area contributed by atoms with Crippen molar-refractivity contribution in [2.24, 2.45) is 0 Å². The van der Waals surface area contributed by atoms with Crippen molar-refractivity contribution in [3.8, 4) is 22.6 Å². The van der Waals surface area contributed by atoms with Crippen LogP contribution in [-0.2, 0) is 5.41 Å². The predicted octanol–water partition coefficient (Wildman–Crippen LogP) is 11.7. The minimum absolute atomic E-state index is 0.0702. The van der Waals surface area contributed by atoms with Gasteiger partial charge >= 0.3 is 0 Å². The summed E-state index contributed by atoms with van der Waals surface area (Å²) in [5.74, 6) is 3.13. The SMILES string of the molecule is CC(C)c1cc(C(C)C)c(B2c3ccccc3Oc3cc(N4C5=C(C=CCC5)C5(c6ccccc6-c6ccccc65)c5ccccc54)ccc32)c(C(C)C)c1. The van der Waals surface area contributed by atoms with Crippen molar-refractivity contribution < 1.29 is 4.74 Å². The first-order chi connectivity index (χ1) is 26.8. The summed E-state index contributed by atoms with van der Waals surface area (Å²) in [5, 5.41) is 0. The number of ether oxygens (including phenoxy) is 1. The molecule has 0 saturated heterocycles. The number of anilines is 2. The average molecular weight is 714 g/mol. The van der Waals surface area contributed by atoms with Crippen LogP contribution < -0.4 is 26.0 Å². The van der Waals surface area contributed by atoms with Crippen LogP contribution in [0.5, 0.6) is 11.5 Å². The number of rotatable bonds is 5. The molecule has 0 radical (unpaired) electrons. The van der Waals surface area contributed by atoms with E-state index in [1.807, 2.05) is 0 Å². The van der Waals surface area contributed by atoms with Crippen molar-refractivity contribution in [1.29, 1.82) is 0 Å². The minimum Gasteiger partial charge on any atom is -0.458 e. The van der Waals surface area contributed by atoms with E-state index in [2.05, 4.69) is 186 Å². The molecule has 1 spiro atoms. The Morgan fingerprint density at radius 3 is 1.87 bits per heavy atom. The van der Waals surface area contributed by atoms with Gasteiger partial charge in [0.05, 0.1) is 11.1 Å². The molecule has 55 heavy (non-hydrogen) atoms. The van der Waals surface area contributed by atoms with Crippen LogP contribution in [0.4, 0.5) is 11.4 Å². The highest BCUT2D eigenvalue weighted by Crippen LogP contribution is 2.62. The fourth-order valence-electron chi connectivity index (χ4n) is 10.4. The second-order valence-corrected chi connectivity index (χ2v) is 16.9. The van der Waals surface area contributed by atoms with Gasteiger partial charge in [-0.25, -0.2) is 0 Å². The first kappa shape index (κ1) is 34.0. The van der Waals surface area contributed by atoms with Gasteiger partial charge in [-0.2, -0.15) is 0 Å². The lowest BCUT2D eigenvalue weighted by molar-refractivity contribution is 0.487. The fraction of sp³-hybridized carbons (Fsp3) is 0.231. The van der Waals surface area contributed by atoms with Crippen LogP contribution >= 0.6 is 0 Å². The van der Waals surface area contributed by atoms with Crippen molar-refractivity contribution in [3.63, 3.8) is 0 Å². The fourth-order valence-corrected chi connectivity index (χ4v) is 10.4. The third kappa shape index (κ3) is 4.88. The van der Waals surface area contributed by atoms with Crippen LogP contribution in [0.15, 0.2) is 151 Å². The topological polar surface area (TPSA) is 12.5 Å². The van der Waals surface area contributed by atoms with E-state index in [9.17, 15) is 0 Å². The molecule has 0 saturated carbocycles. The zero-order valence-electron chi connectivity index (χ0n) is 32.9. The molecule has 4 aliphatic rings. The van der Waals surface area contributed by atoms with Crippen molar-refractivity contribution in [2.75, 3.05) is 4.90 Å². The van der Waals surface area contributed by atoms with Crippen molar-refractivity contribution in [2.45, 2.75) is 77.6 Å². The second-order valence-electron chi connectivity index (χ2n) is 16.9. The van der Waals surface area contributed by atoms with E-state index in [4.69, 9.17) is 4.74 Å². The average Bonchev–Trinajstić information content (AvgIpc) is 3.50. The van der Waals surface area contributed by atoms with Crippen LogP contribution in [0, 0.1) is 0 Å². The third-order valence-corrected chi connectivity index (χ3v) is 12.8. The largest absolute Gasteiger partial charge is 0.458 e. The van der Waals surface area contributed by atoms with Gasteiger partial charge in [0.2, 0.25) is 0 Å². The summed E-state index contributed by atoms with van der Waals surface area (Å²) in [4.78, 5) is 2.55. The van der Waals surface area contributed by atoms with Crippen LogP contribution in [0.3, 0.4) is 0 Å². The number of benzene rings is 6. The molecule has 0 amide bonds. The molecule has 10 rings (SSSR count). The van der Waals surface area contributed by atoms with Gasteiger partial charge in [0.15, 0.2) is 0 Å². The Morgan fingerprint density at radius 1 is 0.600 bits per heavy atom. The summed E-state index contributed by atoms with van der Waals surface area (Å²) in [5.41, 5.74) is 19.7. The van der Waals surface area contributed by atoms with Crippen molar-refractivity contribution in [3.05, 3.63) is 184 Å². The van der Waals surface area contributed by atoms with E-state index in [0.29, 0.717) is 17.8 Å². The molecule has 2 heterocycles. The van der Waals surface area contributed by atoms with Gasteiger partial charge < -0.3 is 9.64 Å². The summed E-state index contributed by atoms with van der Waals surface area (Å²) in [6.45, 7) is 14.1. The molecule has 6 aromatic rings.